The fraction of sp³-hybridized carbons (Fsp3) is 0.500. The fourth-order valence-corrected chi connectivity index (χ4v) is 3.22. The molecule has 1 saturated heterocycles. The first kappa shape index (κ1) is 23.4. The lowest BCUT2D eigenvalue weighted by atomic mass is 9.72. The van der Waals surface area contributed by atoms with Crippen molar-refractivity contribution in [3.63, 3.8) is 0 Å². The molecule has 164 valence electrons. The molecule has 0 saturated carbocycles. The number of imide groups is 1. The first-order valence-electron chi connectivity index (χ1n) is 9.21. The third kappa shape index (κ3) is 5.19. The number of halogens is 1. The van der Waals surface area contributed by atoms with E-state index < -0.39 is 47.3 Å². The van der Waals surface area contributed by atoms with E-state index in [0.29, 0.717) is 4.90 Å². The third-order valence-corrected chi connectivity index (χ3v) is 4.74. The zero-order chi connectivity index (χ0) is 22.3. The van der Waals surface area contributed by atoms with Gasteiger partial charge < -0.3 is 18.9 Å². The van der Waals surface area contributed by atoms with Crippen LogP contribution in [0.25, 0.3) is 0 Å². The van der Waals surface area contributed by atoms with Crippen molar-refractivity contribution in [1.29, 1.82) is 0 Å². The van der Waals surface area contributed by atoms with Crippen molar-refractivity contribution in [1.82, 2.24) is 4.90 Å². The summed E-state index contributed by atoms with van der Waals surface area (Å²) in [5, 5.41) is 0. The highest BCUT2D eigenvalue weighted by Gasteiger charge is 2.55. The monoisotopic (exact) mass is 425 g/mol. The molecule has 1 aliphatic rings. The Bertz CT molecular complexity index is 740. The Balaban J connectivity index is 2.46. The Kier molecular flexibility index (Phi) is 8.43. The van der Waals surface area contributed by atoms with Crippen molar-refractivity contribution in [2.75, 3.05) is 47.7 Å². The molecule has 0 spiro atoms. The molecule has 10 heteroatoms. The largest absolute Gasteiger partial charge is 0.463 e. The van der Waals surface area contributed by atoms with Crippen LogP contribution in [-0.4, -0.2) is 76.3 Å². The Hall–Kier alpha value is -2.85. The zero-order valence-corrected chi connectivity index (χ0v) is 17.0. The number of esters is 2. The van der Waals surface area contributed by atoms with Crippen LogP contribution in [0.4, 0.5) is 4.39 Å². The second kappa shape index (κ2) is 10.8. The van der Waals surface area contributed by atoms with E-state index in [9.17, 15) is 23.6 Å². The summed E-state index contributed by atoms with van der Waals surface area (Å²) in [6.07, 6.45) is 0. The van der Waals surface area contributed by atoms with E-state index in [0.717, 1.165) is 12.1 Å². The number of benzene rings is 1. The van der Waals surface area contributed by atoms with Crippen LogP contribution < -0.4 is 0 Å². The molecule has 1 aliphatic heterocycles. The van der Waals surface area contributed by atoms with Crippen LogP contribution in [0.5, 0.6) is 0 Å². The molecular formula is C20H24FNO8. The highest BCUT2D eigenvalue weighted by Crippen LogP contribution is 2.40. The molecule has 2 amide bonds. The van der Waals surface area contributed by atoms with Crippen LogP contribution in [0.2, 0.25) is 0 Å². The number of amides is 2. The maximum Gasteiger partial charge on any atom is 0.319 e. The second-order valence-corrected chi connectivity index (χ2v) is 6.59. The Morgan fingerprint density at radius 1 is 0.867 bits per heavy atom. The molecule has 0 bridgehead atoms. The summed E-state index contributed by atoms with van der Waals surface area (Å²) in [5.74, 6) is -8.23. The van der Waals surface area contributed by atoms with E-state index in [4.69, 9.17) is 18.9 Å². The van der Waals surface area contributed by atoms with Gasteiger partial charge in [-0.2, -0.15) is 0 Å². The van der Waals surface area contributed by atoms with Crippen LogP contribution in [0.15, 0.2) is 24.3 Å². The smallest absolute Gasteiger partial charge is 0.319 e. The quantitative estimate of drug-likeness (QED) is 0.244. The number of nitrogens with zero attached hydrogens (tertiary/aromatic N) is 1. The number of carbonyl (C=O) groups is 4. The molecule has 3 atom stereocenters. The summed E-state index contributed by atoms with van der Waals surface area (Å²) in [7, 11) is 4.01. The number of rotatable bonds is 9. The molecule has 30 heavy (non-hydrogen) atoms. The van der Waals surface area contributed by atoms with Crippen LogP contribution in [0, 0.1) is 17.7 Å². The zero-order valence-electron chi connectivity index (χ0n) is 17.0. The Morgan fingerprint density at radius 3 is 1.70 bits per heavy atom. The minimum atomic E-state index is -1.49. The minimum Gasteiger partial charge on any atom is -0.463 e. The van der Waals surface area contributed by atoms with Crippen LogP contribution >= 0.6 is 0 Å². The van der Waals surface area contributed by atoms with Crippen molar-refractivity contribution in [3.05, 3.63) is 35.6 Å². The summed E-state index contributed by atoms with van der Waals surface area (Å²) in [5.41, 5.74) is 0.258. The van der Waals surface area contributed by atoms with Gasteiger partial charge in [-0.05, 0) is 17.7 Å². The second-order valence-electron chi connectivity index (χ2n) is 6.59. The molecule has 0 N–H and O–H groups in total. The average molecular weight is 425 g/mol. The summed E-state index contributed by atoms with van der Waals surface area (Å²) in [4.78, 5) is 51.8. The number of methoxy groups -OCH3 is 2. The Labute approximate surface area is 173 Å². The van der Waals surface area contributed by atoms with Crippen molar-refractivity contribution in [2.24, 2.45) is 11.8 Å². The summed E-state index contributed by atoms with van der Waals surface area (Å²) < 4.78 is 33.3. The maximum atomic E-state index is 13.4. The van der Waals surface area contributed by atoms with Gasteiger partial charge in [-0.15, -0.1) is 0 Å². The van der Waals surface area contributed by atoms with Gasteiger partial charge in [0.1, 0.15) is 30.9 Å². The molecule has 0 radical (unpaired) electrons. The van der Waals surface area contributed by atoms with Crippen LogP contribution in [0.1, 0.15) is 11.5 Å². The molecule has 1 heterocycles. The SMILES string of the molecule is COCCOC(=O)[C@@H]1C(=O)N(C)C(=O)[C@H](C(=O)OCCOC)[C@@H]1c1ccc(F)cc1. The standard InChI is InChI=1S/C20H24FNO8/c1-22-17(23)15(19(25)29-10-8-27-2)14(12-4-6-13(21)7-5-12)16(18(22)24)20(26)30-11-9-28-3/h4-7,14-16H,8-11H2,1-3H3/t14-,15+,16-. The molecule has 1 aromatic rings. The Morgan fingerprint density at radius 2 is 1.30 bits per heavy atom. The number of ether oxygens (including phenoxy) is 4. The number of hydrogen-bond acceptors (Lipinski definition) is 8. The number of carbonyl (C=O) groups excluding carboxylic acids is 4. The highest BCUT2D eigenvalue weighted by molar-refractivity contribution is 6.14. The van der Waals surface area contributed by atoms with Crippen LogP contribution in [0.3, 0.4) is 0 Å². The first-order chi connectivity index (χ1) is 14.3. The number of hydrogen-bond donors (Lipinski definition) is 0. The van der Waals surface area contributed by atoms with E-state index in [1.807, 2.05) is 0 Å². The summed E-state index contributed by atoms with van der Waals surface area (Å²) in [6, 6.07) is 4.86. The lowest BCUT2D eigenvalue weighted by Gasteiger charge is -2.38. The summed E-state index contributed by atoms with van der Waals surface area (Å²) >= 11 is 0. The fourth-order valence-electron chi connectivity index (χ4n) is 3.22. The predicted molar refractivity (Wildman–Crippen MR) is 99.6 cm³/mol. The van der Waals surface area contributed by atoms with Gasteiger partial charge in [0.15, 0.2) is 0 Å². The predicted octanol–water partition coefficient (Wildman–Crippen LogP) is 0.520. The van der Waals surface area contributed by atoms with Gasteiger partial charge in [-0.25, -0.2) is 4.39 Å². The van der Waals surface area contributed by atoms with Crippen LogP contribution in [-0.2, 0) is 38.1 Å². The van der Waals surface area contributed by atoms with E-state index >= 15 is 0 Å². The maximum absolute atomic E-state index is 13.4. The van der Waals surface area contributed by atoms with E-state index in [1.165, 1.54) is 33.4 Å². The van der Waals surface area contributed by atoms with Crippen molar-refractivity contribution in [2.45, 2.75) is 5.92 Å². The van der Waals surface area contributed by atoms with Gasteiger partial charge in [0.2, 0.25) is 11.8 Å². The third-order valence-electron chi connectivity index (χ3n) is 4.74. The van der Waals surface area contributed by atoms with E-state index in [1.54, 1.807) is 0 Å². The summed E-state index contributed by atoms with van der Waals surface area (Å²) in [6.45, 7) is -0.0258. The van der Waals surface area contributed by atoms with Gasteiger partial charge in [0, 0.05) is 27.2 Å². The lowest BCUT2D eigenvalue weighted by Crippen LogP contribution is -2.56. The molecule has 0 unspecified atom stereocenters. The first-order valence-corrected chi connectivity index (χ1v) is 9.21. The molecular weight excluding hydrogens is 401 g/mol. The minimum absolute atomic E-state index is 0.102. The van der Waals surface area contributed by atoms with E-state index in [-0.39, 0.29) is 32.0 Å². The lowest BCUT2D eigenvalue weighted by molar-refractivity contribution is -0.171. The highest BCUT2D eigenvalue weighted by atomic mass is 19.1. The van der Waals surface area contributed by atoms with Crippen molar-refractivity contribution < 1.29 is 42.5 Å². The number of likely N-dealkylation sites (tertiary alicyclic amines) is 1. The van der Waals surface area contributed by atoms with Gasteiger partial charge in [0.25, 0.3) is 0 Å². The van der Waals surface area contributed by atoms with Crippen molar-refractivity contribution in [3.8, 4) is 0 Å². The van der Waals surface area contributed by atoms with Gasteiger partial charge in [-0.1, -0.05) is 12.1 Å². The average Bonchev–Trinajstić information content (AvgIpc) is 2.72. The van der Waals surface area contributed by atoms with Crippen molar-refractivity contribution >= 4 is 23.8 Å². The molecule has 1 fully saturated rings. The molecule has 9 nitrogen and oxygen atoms in total. The molecule has 1 aromatic carbocycles. The molecule has 0 aliphatic carbocycles. The van der Waals surface area contributed by atoms with Gasteiger partial charge >= 0.3 is 11.9 Å². The normalized spacial score (nSPS) is 21.5. The molecule has 2 rings (SSSR count). The van der Waals surface area contributed by atoms with E-state index in [2.05, 4.69) is 0 Å². The number of piperidine rings is 1. The molecule has 0 aromatic heterocycles. The van der Waals surface area contributed by atoms with Gasteiger partial charge in [-0.3, -0.25) is 24.1 Å². The van der Waals surface area contributed by atoms with Gasteiger partial charge in [0.05, 0.1) is 13.2 Å². The topological polar surface area (TPSA) is 108 Å².